The van der Waals surface area contributed by atoms with Gasteiger partial charge in [-0.2, -0.15) is 74.6 Å². The minimum atomic E-state index is -8.59. The van der Waals surface area contributed by atoms with E-state index in [1.807, 2.05) is 0 Å². The Bertz CT molecular complexity index is 822. The fraction of sp³-hybridized carbons (Fsp3) is 0.765. The third-order valence-corrected chi connectivity index (χ3v) is 9.25. The Hall–Kier alpha value is -1.49. The van der Waals surface area contributed by atoms with Gasteiger partial charge in [-0.25, -0.2) is 0 Å². The second kappa shape index (κ2) is 8.53. The van der Waals surface area contributed by atoms with E-state index < -0.39 is 73.7 Å². The third kappa shape index (κ3) is 4.55. The molecule has 1 aliphatic rings. The molecule has 35 heavy (non-hydrogen) atoms. The maximum atomic E-state index is 14.0. The van der Waals surface area contributed by atoms with Gasteiger partial charge in [-0.05, 0) is 5.54 Å². The van der Waals surface area contributed by atoms with Gasteiger partial charge in [-0.1, -0.05) is 43.4 Å². The molecular formula is C17H15F17Si. The van der Waals surface area contributed by atoms with E-state index in [-0.39, 0.29) is 0 Å². The van der Waals surface area contributed by atoms with E-state index in [0.29, 0.717) is 0 Å². The summed E-state index contributed by atoms with van der Waals surface area (Å²) in [6.07, 6.45) is -4.51. The van der Waals surface area contributed by atoms with Crippen molar-refractivity contribution >= 4 is 8.07 Å². The van der Waals surface area contributed by atoms with Crippen LogP contribution in [-0.4, -0.2) is 55.7 Å². The monoisotopic (exact) mass is 570 g/mol. The SMILES string of the molecule is C[Si](C)(CCC(F)(F)C(F)(F)C(F)(F)C(F)(F)C(F)(F)C(F)(F)C(F)(F)C(F)(F)F)C1C=CC=C1. The Labute approximate surface area is 186 Å². The molecule has 0 radical (unpaired) electrons. The van der Waals surface area contributed by atoms with Crippen LogP contribution in [0.4, 0.5) is 74.6 Å². The average Bonchev–Trinajstić information content (AvgIpc) is 3.20. The van der Waals surface area contributed by atoms with Gasteiger partial charge in [-0.15, -0.1) is 0 Å². The Morgan fingerprint density at radius 3 is 1.17 bits per heavy atom. The molecule has 0 bridgehead atoms. The van der Waals surface area contributed by atoms with Crippen molar-refractivity contribution in [2.45, 2.75) is 78.7 Å². The second-order valence-corrected chi connectivity index (χ2v) is 13.6. The smallest absolute Gasteiger partial charge is 0.200 e. The lowest BCUT2D eigenvalue weighted by molar-refractivity contribution is -0.461. The number of halogens is 17. The Morgan fingerprint density at radius 2 is 0.829 bits per heavy atom. The minimum absolute atomic E-state index is 0.624. The van der Waals surface area contributed by atoms with Gasteiger partial charge in [0.15, 0.2) is 0 Å². The summed E-state index contributed by atoms with van der Waals surface area (Å²) >= 11 is 0. The van der Waals surface area contributed by atoms with Crippen LogP contribution in [0.25, 0.3) is 0 Å². The van der Waals surface area contributed by atoms with Crippen molar-refractivity contribution in [2.24, 2.45) is 0 Å². The van der Waals surface area contributed by atoms with Crippen molar-refractivity contribution in [3.8, 4) is 0 Å². The van der Waals surface area contributed by atoms with Crippen molar-refractivity contribution < 1.29 is 74.6 Å². The first kappa shape index (κ1) is 31.5. The molecule has 0 aromatic carbocycles. The van der Waals surface area contributed by atoms with E-state index >= 15 is 0 Å². The summed E-state index contributed by atoms with van der Waals surface area (Å²) in [5.74, 6) is -55.9. The van der Waals surface area contributed by atoms with Gasteiger partial charge in [0.2, 0.25) is 0 Å². The molecule has 0 aromatic rings. The molecule has 0 heterocycles. The molecule has 0 aliphatic heterocycles. The predicted octanol–water partition coefficient (Wildman–Crippen LogP) is 8.59. The van der Waals surface area contributed by atoms with E-state index in [0.717, 1.165) is 0 Å². The molecule has 0 N–H and O–H groups in total. The van der Waals surface area contributed by atoms with E-state index in [1.54, 1.807) is 0 Å². The highest BCUT2D eigenvalue weighted by atomic mass is 28.3. The number of allylic oxidation sites excluding steroid dienone is 4. The van der Waals surface area contributed by atoms with Crippen molar-refractivity contribution in [3.63, 3.8) is 0 Å². The largest absolute Gasteiger partial charge is 0.460 e. The maximum Gasteiger partial charge on any atom is 0.460 e. The first-order valence-corrected chi connectivity index (χ1v) is 12.4. The fourth-order valence-corrected chi connectivity index (χ4v) is 5.51. The molecule has 0 saturated heterocycles. The van der Waals surface area contributed by atoms with Gasteiger partial charge in [0.05, 0.1) is 8.07 Å². The lowest BCUT2D eigenvalue weighted by Crippen LogP contribution is -2.74. The van der Waals surface area contributed by atoms with Gasteiger partial charge in [0.25, 0.3) is 0 Å². The summed E-state index contributed by atoms with van der Waals surface area (Å²) in [7, 11) is -3.09. The van der Waals surface area contributed by atoms with Crippen LogP contribution in [0.2, 0.25) is 24.7 Å². The average molecular weight is 570 g/mol. The summed E-state index contributed by atoms with van der Waals surface area (Å²) < 4.78 is 226. The summed E-state index contributed by atoms with van der Waals surface area (Å²) in [6, 6.07) is -1.03. The molecule has 0 atom stereocenters. The van der Waals surface area contributed by atoms with Crippen molar-refractivity contribution in [2.75, 3.05) is 0 Å². The van der Waals surface area contributed by atoms with Crippen LogP contribution in [-0.2, 0) is 0 Å². The molecule has 0 nitrogen and oxygen atoms in total. The molecule has 1 aliphatic carbocycles. The quantitative estimate of drug-likeness (QED) is 0.182. The van der Waals surface area contributed by atoms with Crippen LogP contribution in [0.1, 0.15) is 6.42 Å². The molecule has 0 fully saturated rings. The van der Waals surface area contributed by atoms with Crippen LogP contribution in [0.3, 0.4) is 0 Å². The van der Waals surface area contributed by atoms with Gasteiger partial charge in [0.1, 0.15) is 0 Å². The zero-order valence-electron chi connectivity index (χ0n) is 17.2. The maximum absolute atomic E-state index is 14.0. The summed E-state index contributed by atoms with van der Waals surface area (Å²) in [6.45, 7) is 2.54. The molecule has 0 spiro atoms. The van der Waals surface area contributed by atoms with Crippen molar-refractivity contribution in [3.05, 3.63) is 24.3 Å². The number of alkyl halides is 17. The highest BCUT2D eigenvalue weighted by Gasteiger charge is 2.95. The van der Waals surface area contributed by atoms with Crippen LogP contribution >= 0.6 is 0 Å². The van der Waals surface area contributed by atoms with Gasteiger partial charge < -0.3 is 0 Å². The lowest BCUT2D eigenvalue weighted by atomic mass is 9.88. The number of rotatable bonds is 10. The summed E-state index contributed by atoms with van der Waals surface area (Å²) in [4.78, 5) is 0. The van der Waals surface area contributed by atoms with Crippen molar-refractivity contribution in [1.29, 1.82) is 0 Å². The van der Waals surface area contributed by atoms with Gasteiger partial charge >= 0.3 is 47.6 Å². The van der Waals surface area contributed by atoms with E-state index in [1.165, 1.54) is 37.4 Å². The molecular weight excluding hydrogens is 555 g/mol. The molecule has 1 rings (SSSR count). The second-order valence-electron chi connectivity index (χ2n) is 8.43. The van der Waals surface area contributed by atoms with Crippen LogP contribution < -0.4 is 0 Å². The zero-order chi connectivity index (χ0) is 28.3. The molecule has 0 saturated carbocycles. The molecule has 0 unspecified atom stereocenters. The fourth-order valence-electron chi connectivity index (χ4n) is 2.95. The highest BCUT2D eigenvalue weighted by Crippen LogP contribution is 2.64. The highest BCUT2D eigenvalue weighted by molar-refractivity contribution is 6.79. The standard InChI is InChI=1S/C17H15F17Si/c1-35(2,9-5-3-4-6-9)8-7-10(18,19)11(20,21)12(22,23)13(24,25)14(26,27)15(28,29)16(30,31)17(32,33)34/h3-6,9H,7-8H2,1-2H3. The van der Waals surface area contributed by atoms with Crippen LogP contribution in [0.5, 0.6) is 0 Å². The summed E-state index contributed by atoms with van der Waals surface area (Å²) in [5, 5.41) is 0. The van der Waals surface area contributed by atoms with E-state index in [9.17, 15) is 74.6 Å². The zero-order valence-corrected chi connectivity index (χ0v) is 18.2. The number of hydrogen-bond acceptors (Lipinski definition) is 0. The summed E-state index contributed by atoms with van der Waals surface area (Å²) in [5.41, 5.74) is -0.624. The predicted molar refractivity (Wildman–Crippen MR) is 89.6 cm³/mol. The van der Waals surface area contributed by atoms with Gasteiger partial charge in [-0.3, -0.25) is 0 Å². The molecule has 206 valence electrons. The first-order valence-electron chi connectivity index (χ1n) is 9.13. The number of hydrogen-bond donors (Lipinski definition) is 0. The topological polar surface area (TPSA) is 0 Å². The van der Waals surface area contributed by atoms with Crippen molar-refractivity contribution in [1.82, 2.24) is 0 Å². The molecule has 0 amide bonds. The minimum Gasteiger partial charge on any atom is -0.200 e. The van der Waals surface area contributed by atoms with Crippen LogP contribution in [0, 0.1) is 0 Å². The Balaban J connectivity index is 3.43. The normalized spacial score (nSPS) is 18.0. The first-order chi connectivity index (χ1) is 15.1. The Morgan fingerprint density at radius 1 is 0.514 bits per heavy atom. The third-order valence-electron chi connectivity index (χ3n) is 5.52. The molecule has 0 aromatic heterocycles. The Kier molecular flexibility index (Phi) is 7.69. The van der Waals surface area contributed by atoms with Gasteiger partial charge in [0, 0.05) is 6.42 Å². The van der Waals surface area contributed by atoms with E-state index in [2.05, 4.69) is 0 Å². The van der Waals surface area contributed by atoms with E-state index in [4.69, 9.17) is 0 Å². The van der Waals surface area contributed by atoms with Crippen LogP contribution in [0.15, 0.2) is 24.3 Å². The lowest BCUT2D eigenvalue weighted by Gasteiger charge is -2.43. The molecule has 18 heteroatoms.